The van der Waals surface area contributed by atoms with E-state index in [9.17, 15) is 4.79 Å². The number of rotatable bonds is 8. The Morgan fingerprint density at radius 1 is 1.15 bits per heavy atom. The number of aromatic amines is 1. The van der Waals surface area contributed by atoms with Gasteiger partial charge in [-0.1, -0.05) is 34.1 Å². The molecule has 4 aromatic heterocycles. The fourth-order valence-corrected chi connectivity index (χ4v) is 5.81. The lowest BCUT2D eigenvalue weighted by molar-refractivity contribution is -0.131. The first-order valence-corrected chi connectivity index (χ1v) is 14.6. The predicted molar refractivity (Wildman–Crippen MR) is 162 cm³/mol. The van der Waals surface area contributed by atoms with Gasteiger partial charge >= 0.3 is 0 Å². The minimum Gasteiger partial charge on any atom is -0.353 e. The maximum atomic E-state index is 13.3. The lowest BCUT2D eigenvalue weighted by atomic mass is 9.95. The van der Waals surface area contributed by atoms with E-state index in [1.807, 2.05) is 16.5 Å². The molecule has 1 aliphatic rings. The van der Waals surface area contributed by atoms with Gasteiger partial charge in [0.15, 0.2) is 5.65 Å². The molecule has 214 valence electrons. The summed E-state index contributed by atoms with van der Waals surface area (Å²) in [5.74, 6) is 1.79. The average molecular weight is 545 g/mol. The van der Waals surface area contributed by atoms with Gasteiger partial charge in [0, 0.05) is 29.9 Å². The van der Waals surface area contributed by atoms with Crippen LogP contribution < -0.4 is 4.90 Å². The van der Waals surface area contributed by atoms with Crippen molar-refractivity contribution in [2.24, 2.45) is 5.92 Å². The van der Waals surface area contributed by atoms with Crippen molar-refractivity contribution in [1.29, 1.82) is 0 Å². The largest absolute Gasteiger partial charge is 0.353 e. The fourth-order valence-electron chi connectivity index (χ4n) is 5.81. The van der Waals surface area contributed by atoms with Crippen LogP contribution in [0.2, 0.25) is 0 Å². The van der Waals surface area contributed by atoms with Crippen LogP contribution in [0.25, 0.3) is 27.9 Å². The minimum atomic E-state index is 0.175. The Balaban J connectivity index is 1.56. The average Bonchev–Trinajstić information content (AvgIpc) is 3.66. The maximum absolute atomic E-state index is 13.3. The molecule has 5 heterocycles. The van der Waals surface area contributed by atoms with Crippen LogP contribution in [0, 0.1) is 19.8 Å². The molecule has 2 atom stereocenters. The molecule has 1 fully saturated rings. The van der Waals surface area contributed by atoms with Gasteiger partial charge in [-0.2, -0.15) is 5.10 Å². The van der Waals surface area contributed by atoms with Crippen LogP contribution >= 0.6 is 0 Å². The van der Waals surface area contributed by atoms with Crippen molar-refractivity contribution in [2.45, 2.75) is 79.8 Å². The Morgan fingerprint density at radius 3 is 2.58 bits per heavy atom. The number of fused-ring (bicyclic) bond motifs is 2. The van der Waals surface area contributed by atoms with E-state index in [0.29, 0.717) is 25.2 Å². The number of carbonyl (C=O) groups excluding carboxylic acids is 1. The van der Waals surface area contributed by atoms with Gasteiger partial charge in [0.25, 0.3) is 0 Å². The second kappa shape index (κ2) is 10.8. The molecule has 1 saturated heterocycles. The van der Waals surface area contributed by atoms with Gasteiger partial charge in [0.05, 0.1) is 36.0 Å². The molecule has 0 spiro atoms. The summed E-state index contributed by atoms with van der Waals surface area (Å²) in [6.07, 6.45) is 4.72. The normalized spacial score (nSPS) is 16.9. The molecule has 4 aromatic rings. The summed E-state index contributed by atoms with van der Waals surface area (Å²) >= 11 is 0. The summed E-state index contributed by atoms with van der Waals surface area (Å²) < 4.78 is 1.86. The van der Waals surface area contributed by atoms with Gasteiger partial charge in [-0.3, -0.25) is 9.69 Å². The van der Waals surface area contributed by atoms with Crippen molar-refractivity contribution in [3.8, 4) is 11.3 Å². The lowest BCUT2D eigenvalue weighted by Gasteiger charge is -2.28. The topological polar surface area (TPSA) is 85.7 Å². The molecule has 0 saturated carbocycles. The standard InChI is InChI=1S/C31H44N8O/c1-10-20(6)25-14-37(27(40)15-36(9)19(4)5)17-38(25)26-12-11-24-30(35-26)28(18(2)3)29(34-24)23-13-39-31(32-16-33-39)22(8)21(23)7/h11-13,16,18-20,25,34H,10,14-15,17H2,1-9H3/t20-,25?/m0/s1. The van der Waals surface area contributed by atoms with E-state index < -0.39 is 0 Å². The molecule has 1 N–H and O–H groups in total. The van der Waals surface area contributed by atoms with E-state index in [-0.39, 0.29) is 17.9 Å². The Labute approximate surface area is 237 Å². The first-order chi connectivity index (χ1) is 19.0. The van der Waals surface area contributed by atoms with Gasteiger partial charge in [0.1, 0.15) is 12.1 Å². The van der Waals surface area contributed by atoms with Crippen LogP contribution in [0.1, 0.15) is 70.6 Å². The smallest absolute Gasteiger partial charge is 0.238 e. The molecule has 9 heteroatoms. The van der Waals surface area contributed by atoms with Crippen LogP contribution in [-0.4, -0.2) is 79.2 Å². The highest BCUT2D eigenvalue weighted by Gasteiger charge is 2.37. The first-order valence-electron chi connectivity index (χ1n) is 14.6. The fraction of sp³-hybridized carbons (Fsp3) is 0.548. The van der Waals surface area contributed by atoms with Gasteiger partial charge in [-0.25, -0.2) is 14.5 Å². The van der Waals surface area contributed by atoms with Crippen molar-refractivity contribution in [2.75, 3.05) is 31.7 Å². The summed E-state index contributed by atoms with van der Waals surface area (Å²) in [4.78, 5) is 33.1. The molecule has 0 aliphatic carbocycles. The summed E-state index contributed by atoms with van der Waals surface area (Å²) in [5.41, 5.74) is 8.60. The Morgan fingerprint density at radius 2 is 1.90 bits per heavy atom. The third kappa shape index (κ3) is 4.85. The monoisotopic (exact) mass is 544 g/mol. The number of nitrogens with one attached hydrogen (secondary N) is 1. The van der Waals surface area contributed by atoms with Crippen LogP contribution in [0.4, 0.5) is 5.82 Å². The zero-order valence-electron chi connectivity index (χ0n) is 25.5. The van der Waals surface area contributed by atoms with Crippen LogP contribution in [0.3, 0.4) is 0 Å². The molecule has 9 nitrogen and oxygen atoms in total. The number of nitrogens with zero attached hydrogens (tertiary/aromatic N) is 7. The van der Waals surface area contributed by atoms with E-state index in [1.165, 1.54) is 11.1 Å². The number of aryl methyl sites for hydroxylation is 1. The zero-order valence-corrected chi connectivity index (χ0v) is 25.5. The molecule has 40 heavy (non-hydrogen) atoms. The predicted octanol–water partition coefficient (Wildman–Crippen LogP) is 5.37. The van der Waals surface area contributed by atoms with Crippen LogP contribution in [0.5, 0.6) is 0 Å². The molecule has 1 unspecified atom stereocenters. The van der Waals surface area contributed by atoms with Crippen molar-refractivity contribution in [1.82, 2.24) is 34.4 Å². The number of carbonyl (C=O) groups is 1. The number of pyridine rings is 2. The maximum Gasteiger partial charge on any atom is 0.238 e. The summed E-state index contributed by atoms with van der Waals surface area (Å²) in [6, 6.07) is 4.80. The Hall–Kier alpha value is -3.46. The van der Waals surface area contributed by atoms with Gasteiger partial charge < -0.3 is 14.8 Å². The number of hydrogen-bond donors (Lipinski definition) is 1. The van der Waals surface area contributed by atoms with Crippen molar-refractivity contribution in [3.63, 3.8) is 0 Å². The van der Waals surface area contributed by atoms with Crippen molar-refractivity contribution < 1.29 is 4.79 Å². The van der Waals surface area contributed by atoms with E-state index >= 15 is 0 Å². The molecule has 1 aliphatic heterocycles. The highest BCUT2D eigenvalue weighted by atomic mass is 16.2. The molecular formula is C31H44N8O. The quantitative estimate of drug-likeness (QED) is 0.321. The van der Waals surface area contributed by atoms with Gasteiger partial charge in [0.2, 0.25) is 5.91 Å². The molecule has 0 bridgehead atoms. The van der Waals surface area contributed by atoms with Crippen LogP contribution in [-0.2, 0) is 4.79 Å². The molecular weight excluding hydrogens is 500 g/mol. The second-order valence-corrected chi connectivity index (χ2v) is 12.1. The summed E-state index contributed by atoms with van der Waals surface area (Å²) in [5, 5.41) is 4.42. The molecule has 0 radical (unpaired) electrons. The SMILES string of the molecule is CC[C@H](C)C1CN(C(=O)CN(C)C(C)C)CN1c1ccc2[nH]c(-c3cn4ncnc4c(C)c3C)c(C(C)C)c2n1. The van der Waals surface area contributed by atoms with E-state index in [1.54, 1.807) is 6.33 Å². The highest BCUT2D eigenvalue weighted by Crippen LogP contribution is 2.38. The number of H-pyrrole nitrogens is 1. The van der Waals surface area contributed by atoms with Crippen molar-refractivity contribution >= 4 is 28.4 Å². The third-order valence-electron chi connectivity index (χ3n) is 8.98. The van der Waals surface area contributed by atoms with Gasteiger partial charge in [-0.15, -0.1) is 0 Å². The second-order valence-electron chi connectivity index (χ2n) is 12.1. The Kier molecular flexibility index (Phi) is 7.61. The minimum absolute atomic E-state index is 0.175. The third-order valence-corrected chi connectivity index (χ3v) is 8.98. The number of aromatic nitrogens is 5. The number of hydrogen-bond acceptors (Lipinski definition) is 6. The number of anilines is 1. The van der Waals surface area contributed by atoms with E-state index in [2.05, 4.69) is 98.6 Å². The Bertz CT molecular complexity index is 1530. The summed E-state index contributed by atoms with van der Waals surface area (Å²) in [6.45, 7) is 19.2. The number of amides is 1. The molecule has 5 rings (SSSR count). The molecule has 0 aromatic carbocycles. The zero-order chi connectivity index (χ0) is 28.9. The van der Waals surface area contributed by atoms with E-state index in [4.69, 9.17) is 4.98 Å². The van der Waals surface area contributed by atoms with E-state index in [0.717, 1.165) is 52.3 Å². The van der Waals surface area contributed by atoms with Crippen molar-refractivity contribution in [3.05, 3.63) is 41.3 Å². The lowest BCUT2D eigenvalue weighted by Crippen LogP contribution is -2.41. The highest BCUT2D eigenvalue weighted by molar-refractivity contribution is 5.90. The van der Waals surface area contributed by atoms with Gasteiger partial charge in [-0.05, 0) is 69.8 Å². The summed E-state index contributed by atoms with van der Waals surface area (Å²) in [7, 11) is 2.01. The van der Waals surface area contributed by atoms with Crippen LogP contribution in [0.15, 0.2) is 24.7 Å². The number of likely N-dealkylation sites (N-methyl/N-ethyl adjacent to an activating group) is 1. The molecule has 1 amide bonds. The first kappa shape index (κ1) is 28.1.